The van der Waals surface area contributed by atoms with Crippen molar-refractivity contribution in [3.63, 3.8) is 0 Å². The van der Waals surface area contributed by atoms with E-state index in [4.69, 9.17) is 11.5 Å². The van der Waals surface area contributed by atoms with Crippen molar-refractivity contribution in [2.24, 2.45) is 11.5 Å². The molecule has 0 aliphatic rings. The minimum Gasteiger partial charge on any atom is -1.00 e. The zero-order chi connectivity index (χ0) is 7.00. The summed E-state index contributed by atoms with van der Waals surface area (Å²) in [5.41, 5.74) is 10.8. The molecule has 1 radical (unpaired) electrons. The van der Waals surface area contributed by atoms with Crippen molar-refractivity contribution in [1.82, 2.24) is 0 Å². The van der Waals surface area contributed by atoms with Crippen LogP contribution in [0.5, 0.6) is 0 Å². The summed E-state index contributed by atoms with van der Waals surface area (Å²) in [6.45, 7) is 7.69. The number of rotatable bonds is 1. The van der Waals surface area contributed by atoms with E-state index in [1.54, 1.807) is 0 Å². The molecule has 2 nitrogen and oxygen atoms in total. The summed E-state index contributed by atoms with van der Waals surface area (Å²) < 4.78 is 0. The Morgan fingerprint density at radius 3 is 0.818 bits per heavy atom. The second-order valence-electron chi connectivity index (χ2n) is 3.44. The molecule has 5 heteroatoms. The van der Waals surface area contributed by atoms with Crippen LogP contribution < -0.4 is 36.3 Å². The summed E-state index contributed by atoms with van der Waals surface area (Å²) in [5, 5.41) is 0. The quantitative estimate of drug-likeness (QED) is 0.456. The van der Waals surface area contributed by atoms with E-state index in [0.717, 1.165) is 0 Å². The van der Waals surface area contributed by atoms with Crippen LogP contribution in [0.3, 0.4) is 0 Å². The third kappa shape index (κ3) is 8.93. The zero-order valence-corrected chi connectivity index (χ0v) is 9.67. The molecule has 11 heavy (non-hydrogen) atoms. The molecule has 0 spiro atoms. The second-order valence-corrected chi connectivity index (χ2v) is 3.44. The molecule has 0 saturated carbocycles. The third-order valence-corrected chi connectivity index (χ3v) is 1.66. The predicted molar refractivity (Wildman–Crippen MR) is 36.5 cm³/mol. The van der Waals surface area contributed by atoms with Crippen molar-refractivity contribution < 1.29 is 41.9 Å². The van der Waals surface area contributed by atoms with Crippen molar-refractivity contribution >= 4 is 0 Å². The monoisotopic (exact) mass is 249 g/mol. The van der Waals surface area contributed by atoms with E-state index >= 15 is 0 Å². The van der Waals surface area contributed by atoms with Crippen LogP contribution in [0.4, 0.5) is 0 Å². The average molecular weight is 251 g/mol. The second kappa shape index (κ2) is 6.53. The maximum Gasteiger partial charge on any atom is 2.00 e. The molecule has 0 aliphatic carbocycles. The maximum atomic E-state index is 5.69. The summed E-state index contributed by atoms with van der Waals surface area (Å²) in [6, 6.07) is 0. The van der Waals surface area contributed by atoms with Gasteiger partial charge in [0.1, 0.15) is 0 Å². The molecule has 75 valence electrons. The number of halogens is 2. The van der Waals surface area contributed by atoms with Crippen LogP contribution in [0.15, 0.2) is 0 Å². The van der Waals surface area contributed by atoms with Gasteiger partial charge in [0.25, 0.3) is 0 Å². The first-order chi connectivity index (χ1) is 3.25. The van der Waals surface area contributed by atoms with E-state index in [0.29, 0.717) is 0 Å². The molecule has 0 aliphatic heterocycles. The van der Waals surface area contributed by atoms with Gasteiger partial charge in [-0.1, -0.05) is 0 Å². The maximum absolute atomic E-state index is 5.69. The van der Waals surface area contributed by atoms with Crippen molar-refractivity contribution in [2.45, 2.75) is 38.8 Å². The summed E-state index contributed by atoms with van der Waals surface area (Å²) in [7, 11) is 0. The van der Waals surface area contributed by atoms with Crippen LogP contribution in [0, 0.1) is 0 Å². The van der Waals surface area contributed by atoms with Gasteiger partial charge in [0.2, 0.25) is 0 Å². The summed E-state index contributed by atoms with van der Waals surface area (Å²) in [6.07, 6.45) is 0. The smallest absolute Gasteiger partial charge is 1.00 e. The third-order valence-electron chi connectivity index (χ3n) is 1.66. The van der Waals surface area contributed by atoms with Gasteiger partial charge in [0.05, 0.1) is 0 Å². The largest absolute Gasteiger partial charge is 2.00 e. The first kappa shape index (κ1) is 22.7. The van der Waals surface area contributed by atoms with E-state index in [9.17, 15) is 0 Å². The molecule has 0 heterocycles. The Labute approximate surface area is 92.1 Å². The molecular formula is C6H16Cl2CuN2. The van der Waals surface area contributed by atoms with Gasteiger partial charge >= 0.3 is 17.1 Å². The van der Waals surface area contributed by atoms with Gasteiger partial charge in [-0.15, -0.1) is 0 Å². The van der Waals surface area contributed by atoms with Gasteiger partial charge < -0.3 is 36.3 Å². The van der Waals surface area contributed by atoms with Crippen LogP contribution in [-0.4, -0.2) is 11.1 Å². The topological polar surface area (TPSA) is 52.0 Å². The molecule has 0 rings (SSSR count). The molecule has 0 aromatic rings. The van der Waals surface area contributed by atoms with Crippen LogP contribution >= 0.6 is 0 Å². The van der Waals surface area contributed by atoms with Crippen LogP contribution in [-0.2, 0) is 17.1 Å². The van der Waals surface area contributed by atoms with Crippen LogP contribution in [0.2, 0.25) is 0 Å². The summed E-state index contributed by atoms with van der Waals surface area (Å²) in [5.74, 6) is 0. The number of hydrogen-bond acceptors (Lipinski definition) is 2. The standard InChI is InChI=1S/C6H16N2.2ClH.Cu/c1-5(2,7)6(3,4)8;;;/h7-8H2,1-4H3;2*1H;/q;;;+2/p-2. The van der Waals surface area contributed by atoms with E-state index in [-0.39, 0.29) is 53.0 Å². The Kier molecular flexibility index (Phi) is 13.5. The van der Waals surface area contributed by atoms with Crippen LogP contribution in [0.1, 0.15) is 27.7 Å². The molecule has 4 N–H and O–H groups in total. The van der Waals surface area contributed by atoms with Crippen molar-refractivity contribution in [2.75, 3.05) is 0 Å². The fraction of sp³-hybridized carbons (Fsp3) is 1.00. The Balaban J connectivity index is -0.0000000817. The first-order valence-corrected chi connectivity index (χ1v) is 2.83. The Bertz CT molecular complexity index is 73.6. The summed E-state index contributed by atoms with van der Waals surface area (Å²) >= 11 is 0. The first-order valence-electron chi connectivity index (χ1n) is 2.83. The minimum atomic E-state index is -0.285. The molecule has 0 fully saturated rings. The van der Waals surface area contributed by atoms with E-state index in [1.807, 2.05) is 27.7 Å². The molecule has 0 aromatic heterocycles. The van der Waals surface area contributed by atoms with Gasteiger partial charge in [0, 0.05) is 11.1 Å². The fourth-order valence-corrected chi connectivity index (χ4v) is 0. The zero-order valence-electron chi connectivity index (χ0n) is 7.21. The van der Waals surface area contributed by atoms with E-state index in [1.165, 1.54) is 0 Å². The van der Waals surface area contributed by atoms with Crippen molar-refractivity contribution in [1.29, 1.82) is 0 Å². The van der Waals surface area contributed by atoms with Gasteiger partial charge in [-0.05, 0) is 27.7 Å². The Morgan fingerprint density at radius 2 is 0.818 bits per heavy atom. The molecule has 0 bridgehead atoms. The van der Waals surface area contributed by atoms with Crippen LogP contribution in [0.25, 0.3) is 0 Å². The number of nitrogens with two attached hydrogens (primary N) is 2. The molecule has 0 atom stereocenters. The fourth-order valence-electron chi connectivity index (χ4n) is 0. The average Bonchev–Trinajstić information content (AvgIpc) is 1.25. The van der Waals surface area contributed by atoms with E-state index < -0.39 is 0 Å². The summed E-state index contributed by atoms with van der Waals surface area (Å²) in [4.78, 5) is 0. The normalized spacial score (nSPS) is 10.4. The molecular weight excluding hydrogens is 235 g/mol. The van der Waals surface area contributed by atoms with Gasteiger partial charge in [-0.3, -0.25) is 0 Å². The molecule has 0 amide bonds. The van der Waals surface area contributed by atoms with Crippen molar-refractivity contribution in [3.05, 3.63) is 0 Å². The van der Waals surface area contributed by atoms with Gasteiger partial charge in [-0.25, -0.2) is 0 Å². The SMILES string of the molecule is CC(C)(N)C(C)(C)N.[Cl-].[Cl-].[Cu+2]. The molecule has 0 unspecified atom stereocenters. The van der Waals surface area contributed by atoms with Crippen molar-refractivity contribution in [3.8, 4) is 0 Å². The van der Waals surface area contributed by atoms with Gasteiger partial charge in [-0.2, -0.15) is 0 Å². The molecule has 0 saturated heterocycles. The molecule has 0 aromatic carbocycles. The predicted octanol–water partition coefficient (Wildman–Crippen LogP) is -5.53. The Morgan fingerprint density at radius 1 is 0.727 bits per heavy atom. The Hall–Kier alpha value is 1.02. The van der Waals surface area contributed by atoms with Gasteiger partial charge in [0.15, 0.2) is 0 Å². The number of hydrogen-bond donors (Lipinski definition) is 2. The van der Waals surface area contributed by atoms with E-state index in [2.05, 4.69) is 0 Å². The minimum absolute atomic E-state index is 0.